The molecule has 1 rings (SSSR count). The highest BCUT2D eigenvalue weighted by atomic mass is 16.5. The van der Waals surface area contributed by atoms with Gasteiger partial charge in [-0.25, -0.2) is 10.2 Å². The molecule has 0 aromatic heterocycles. The molecule has 4 heteroatoms. The molecule has 0 fully saturated rings. The fraction of sp³-hybridized carbons (Fsp3) is 0.333. The molecule has 0 bridgehead atoms. The van der Waals surface area contributed by atoms with Crippen LogP contribution < -0.4 is 5.43 Å². The van der Waals surface area contributed by atoms with Crippen LogP contribution in [0.1, 0.15) is 25.0 Å². The average Bonchev–Trinajstić information content (AvgIpc) is 2.27. The molecule has 4 nitrogen and oxygen atoms in total. The van der Waals surface area contributed by atoms with E-state index < -0.39 is 6.09 Å². The number of amides is 1. The van der Waals surface area contributed by atoms with Crippen molar-refractivity contribution in [2.24, 2.45) is 5.10 Å². The number of carbonyl (C=O) groups is 1. The maximum Gasteiger partial charge on any atom is 0.427 e. The van der Waals surface area contributed by atoms with Crippen LogP contribution in [0.15, 0.2) is 29.4 Å². The van der Waals surface area contributed by atoms with Crippen molar-refractivity contribution in [1.29, 1.82) is 0 Å². The molecule has 0 aliphatic rings. The molecular formula is C12H16N2O2. The topological polar surface area (TPSA) is 50.7 Å². The van der Waals surface area contributed by atoms with Crippen molar-refractivity contribution in [3.63, 3.8) is 0 Å². The van der Waals surface area contributed by atoms with E-state index in [4.69, 9.17) is 4.74 Å². The standard InChI is InChI=1S/C12H16N2O2/c1-4-16-12(15)14-13-10(3)11-8-6-5-7-9(11)2/h5-8H,4H2,1-3H3,(H,14,15)/b13-10-. The quantitative estimate of drug-likeness (QED) is 0.628. The number of carbonyl (C=O) groups excluding carboxylic acids is 1. The molecule has 0 saturated carbocycles. The van der Waals surface area contributed by atoms with Crippen molar-refractivity contribution in [2.75, 3.05) is 6.61 Å². The van der Waals surface area contributed by atoms with Gasteiger partial charge in [0.25, 0.3) is 0 Å². The van der Waals surface area contributed by atoms with Crippen LogP contribution >= 0.6 is 0 Å². The van der Waals surface area contributed by atoms with Crippen LogP contribution in [0.4, 0.5) is 4.79 Å². The third-order valence-corrected chi connectivity index (χ3v) is 2.13. The SMILES string of the molecule is CCOC(=O)N/N=C(/C)c1ccccc1C. The van der Waals surface area contributed by atoms with E-state index >= 15 is 0 Å². The second kappa shape index (κ2) is 5.90. The lowest BCUT2D eigenvalue weighted by Crippen LogP contribution is -2.20. The van der Waals surface area contributed by atoms with Crippen LogP contribution in [0.3, 0.4) is 0 Å². The Labute approximate surface area is 95.3 Å². The summed E-state index contributed by atoms with van der Waals surface area (Å²) in [5.74, 6) is 0. The summed E-state index contributed by atoms with van der Waals surface area (Å²) in [5, 5.41) is 3.97. The first kappa shape index (κ1) is 12.2. The Hall–Kier alpha value is -1.84. The number of hydrogen-bond donors (Lipinski definition) is 1. The summed E-state index contributed by atoms with van der Waals surface area (Å²) in [6.07, 6.45) is -0.532. The highest BCUT2D eigenvalue weighted by Crippen LogP contribution is 2.07. The molecule has 86 valence electrons. The molecule has 0 saturated heterocycles. The molecule has 0 spiro atoms. The van der Waals surface area contributed by atoms with Gasteiger partial charge in [0.15, 0.2) is 0 Å². The first-order valence-corrected chi connectivity index (χ1v) is 5.18. The van der Waals surface area contributed by atoms with Gasteiger partial charge in [0.1, 0.15) is 0 Å². The van der Waals surface area contributed by atoms with E-state index in [0.717, 1.165) is 16.8 Å². The Balaban J connectivity index is 2.71. The Kier molecular flexibility index (Phi) is 4.51. The number of nitrogens with one attached hydrogen (secondary N) is 1. The van der Waals surface area contributed by atoms with Gasteiger partial charge in [0.2, 0.25) is 0 Å². The molecule has 0 radical (unpaired) electrons. The predicted octanol–water partition coefficient (Wildman–Crippen LogP) is 2.47. The number of ether oxygens (including phenoxy) is 1. The number of hydrazone groups is 1. The number of aryl methyl sites for hydroxylation is 1. The normalized spacial score (nSPS) is 11.1. The lowest BCUT2D eigenvalue weighted by atomic mass is 10.1. The summed E-state index contributed by atoms with van der Waals surface area (Å²) in [7, 11) is 0. The monoisotopic (exact) mass is 220 g/mol. The highest BCUT2D eigenvalue weighted by molar-refractivity contribution is 6.00. The second-order valence-corrected chi connectivity index (χ2v) is 3.34. The summed E-state index contributed by atoms with van der Waals surface area (Å²) in [6.45, 7) is 5.93. The zero-order valence-electron chi connectivity index (χ0n) is 9.78. The van der Waals surface area contributed by atoms with Gasteiger partial charge in [0, 0.05) is 5.56 Å². The van der Waals surface area contributed by atoms with Crippen LogP contribution in [0.2, 0.25) is 0 Å². The predicted molar refractivity (Wildman–Crippen MR) is 63.5 cm³/mol. The van der Waals surface area contributed by atoms with Crippen molar-refractivity contribution in [1.82, 2.24) is 5.43 Å². The molecular weight excluding hydrogens is 204 g/mol. The van der Waals surface area contributed by atoms with Crippen LogP contribution in [0, 0.1) is 6.92 Å². The maximum atomic E-state index is 11.0. The minimum absolute atomic E-state index is 0.338. The fourth-order valence-electron chi connectivity index (χ4n) is 1.33. The molecule has 0 aliphatic carbocycles. The smallest absolute Gasteiger partial charge is 0.427 e. The third-order valence-electron chi connectivity index (χ3n) is 2.13. The van der Waals surface area contributed by atoms with Gasteiger partial charge < -0.3 is 4.74 Å². The molecule has 0 heterocycles. The Morgan fingerprint density at radius 3 is 2.75 bits per heavy atom. The lowest BCUT2D eigenvalue weighted by Gasteiger charge is -2.05. The number of hydrogen-bond acceptors (Lipinski definition) is 3. The van der Waals surface area contributed by atoms with E-state index in [1.54, 1.807) is 6.92 Å². The first-order chi connectivity index (χ1) is 7.65. The van der Waals surface area contributed by atoms with E-state index in [9.17, 15) is 4.79 Å². The molecule has 0 unspecified atom stereocenters. The summed E-state index contributed by atoms with van der Waals surface area (Å²) >= 11 is 0. The first-order valence-electron chi connectivity index (χ1n) is 5.18. The number of nitrogens with zero attached hydrogens (tertiary/aromatic N) is 1. The minimum Gasteiger partial charge on any atom is -0.449 e. The molecule has 0 aliphatic heterocycles. The minimum atomic E-state index is -0.532. The van der Waals surface area contributed by atoms with Gasteiger partial charge in [-0.15, -0.1) is 0 Å². The van der Waals surface area contributed by atoms with Crippen molar-refractivity contribution in [3.8, 4) is 0 Å². The van der Waals surface area contributed by atoms with Gasteiger partial charge in [-0.3, -0.25) is 0 Å². The fourth-order valence-corrected chi connectivity index (χ4v) is 1.33. The number of rotatable bonds is 3. The van der Waals surface area contributed by atoms with Crippen molar-refractivity contribution in [3.05, 3.63) is 35.4 Å². The summed E-state index contributed by atoms with van der Waals surface area (Å²) in [6, 6.07) is 7.86. The van der Waals surface area contributed by atoms with Gasteiger partial charge >= 0.3 is 6.09 Å². The Morgan fingerprint density at radius 1 is 1.44 bits per heavy atom. The summed E-state index contributed by atoms with van der Waals surface area (Å²) in [4.78, 5) is 11.0. The third kappa shape index (κ3) is 3.38. The molecule has 1 aromatic rings. The second-order valence-electron chi connectivity index (χ2n) is 3.34. The van der Waals surface area contributed by atoms with E-state index in [0.29, 0.717) is 6.61 Å². The van der Waals surface area contributed by atoms with Crippen LogP contribution in [-0.4, -0.2) is 18.4 Å². The van der Waals surface area contributed by atoms with Gasteiger partial charge in [0.05, 0.1) is 12.3 Å². The molecule has 1 amide bonds. The highest BCUT2D eigenvalue weighted by Gasteiger charge is 2.02. The van der Waals surface area contributed by atoms with Crippen molar-refractivity contribution >= 4 is 11.8 Å². The van der Waals surface area contributed by atoms with Gasteiger partial charge in [-0.05, 0) is 26.3 Å². The summed E-state index contributed by atoms with van der Waals surface area (Å²) < 4.78 is 4.70. The van der Waals surface area contributed by atoms with E-state index in [1.807, 2.05) is 38.1 Å². The zero-order chi connectivity index (χ0) is 12.0. The van der Waals surface area contributed by atoms with Crippen LogP contribution in [-0.2, 0) is 4.74 Å². The van der Waals surface area contributed by atoms with Crippen molar-refractivity contribution < 1.29 is 9.53 Å². The van der Waals surface area contributed by atoms with E-state index in [1.165, 1.54) is 0 Å². The molecule has 1 aromatic carbocycles. The average molecular weight is 220 g/mol. The largest absolute Gasteiger partial charge is 0.449 e. The Morgan fingerprint density at radius 2 is 2.12 bits per heavy atom. The van der Waals surface area contributed by atoms with Crippen LogP contribution in [0.25, 0.3) is 0 Å². The van der Waals surface area contributed by atoms with Gasteiger partial charge in [-0.1, -0.05) is 24.3 Å². The summed E-state index contributed by atoms with van der Waals surface area (Å²) in [5.41, 5.74) is 5.22. The molecule has 16 heavy (non-hydrogen) atoms. The zero-order valence-corrected chi connectivity index (χ0v) is 9.78. The molecule has 0 atom stereocenters. The van der Waals surface area contributed by atoms with Crippen molar-refractivity contribution in [2.45, 2.75) is 20.8 Å². The van der Waals surface area contributed by atoms with Gasteiger partial charge in [-0.2, -0.15) is 5.10 Å². The maximum absolute atomic E-state index is 11.0. The van der Waals surface area contributed by atoms with E-state index in [-0.39, 0.29) is 0 Å². The van der Waals surface area contributed by atoms with E-state index in [2.05, 4.69) is 10.5 Å². The Bertz CT molecular complexity index is 400. The number of benzene rings is 1. The molecule has 1 N–H and O–H groups in total. The lowest BCUT2D eigenvalue weighted by molar-refractivity contribution is 0.152. The van der Waals surface area contributed by atoms with Crippen LogP contribution in [0.5, 0.6) is 0 Å².